The van der Waals surface area contributed by atoms with Crippen LogP contribution in [-0.2, 0) is 9.53 Å². The van der Waals surface area contributed by atoms with Gasteiger partial charge in [-0.15, -0.1) is 0 Å². The Kier molecular flexibility index (Phi) is 6.23. The van der Waals surface area contributed by atoms with E-state index in [9.17, 15) is 19.2 Å². The number of aryl methyl sites for hydroxylation is 1. The number of carbonyl (C=O) groups excluding carboxylic acids is 2. The molecule has 0 aliphatic heterocycles. The van der Waals surface area contributed by atoms with Crippen molar-refractivity contribution >= 4 is 23.6 Å². The normalized spacial score (nSPS) is 10.8. The molecule has 26 heavy (non-hydrogen) atoms. The van der Waals surface area contributed by atoms with Gasteiger partial charge in [-0.1, -0.05) is 6.07 Å². The van der Waals surface area contributed by atoms with E-state index in [0.717, 1.165) is 0 Å². The Bertz CT molecular complexity index is 896. The summed E-state index contributed by atoms with van der Waals surface area (Å²) < 4.78 is 18.2. The Labute approximate surface area is 150 Å². The van der Waals surface area contributed by atoms with Gasteiger partial charge in [0.05, 0.1) is 12.2 Å². The lowest BCUT2D eigenvalue weighted by molar-refractivity contribution is -0.112. The minimum absolute atomic E-state index is 0.120. The number of carbonyl (C=O) groups is 2. The van der Waals surface area contributed by atoms with Crippen LogP contribution in [0.15, 0.2) is 48.0 Å². The van der Waals surface area contributed by atoms with Crippen molar-refractivity contribution in [3.05, 3.63) is 70.5 Å². The van der Waals surface area contributed by atoms with Crippen molar-refractivity contribution in [3.63, 3.8) is 0 Å². The maximum absolute atomic E-state index is 13.3. The zero-order valence-corrected chi connectivity index (χ0v) is 14.4. The van der Waals surface area contributed by atoms with Crippen LogP contribution < -0.4 is 5.32 Å². The largest absolute Gasteiger partial charge is 0.462 e. The van der Waals surface area contributed by atoms with Crippen LogP contribution in [0.25, 0.3) is 6.08 Å². The zero-order valence-electron chi connectivity index (χ0n) is 14.4. The molecule has 0 aliphatic rings. The maximum Gasteiger partial charge on any atom is 0.338 e. The first kappa shape index (κ1) is 18.9. The highest BCUT2D eigenvalue weighted by Gasteiger charge is 2.11. The van der Waals surface area contributed by atoms with E-state index < -0.39 is 11.9 Å². The van der Waals surface area contributed by atoms with E-state index in [1.165, 1.54) is 30.3 Å². The average Bonchev–Trinajstić information content (AvgIpc) is 2.63. The molecule has 0 aromatic heterocycles. The van der Waals surface area contributed by atoms with Crippen molar-refractivity contribution in [2.75, 3.05) is 11.9 Å². The number of nitriles is 1. The van der Waals surface area contributed by atoms with Crippen molar-refractivity contribution in [3.8, 4) is 6.07 Å². The number of benzene rings is 2. The third-order valence-corrected chi connectivity index (χ3v) is 3.51. The second-order valence-corrected chi connectivity index (χ2v) is 5.43. The zero-order chi connectivity index (χ0) is 19.1. The van der Waals surface area contributed by atoms with Gasteiger partial charge in [-0.25, -0.2) is 9.18 Å². The molecular weight excluding hydrogens is 335 g/mol. The minimum Gasteiger partial charge on any atom is -0.462 e. The molecule has 2 aromatic rings. The molecule has 0 spiro atoms. The molecule has 1 N–H and O–H groups in total. The number of hydrogen-bond donors (Lipinski definition) is 1. The summed E-state index contributed by atoms with van der Waals surface area (Å²) in [4.78, 5) is 23.9. The highest BCUT2D eigenvalue weighted by molar-refractivity contribution is 6.09. The Hall–Kier alpha value is -3.46. The van der Waals surface area contributed by atoms with Gasteiger partial charge in [0.2, 0.25) is 0 Å². The van der Waals surface area contributed by atoms with E-state index in [2.05, 4.69) is 5.32 Å². The van der Waals surface area contributed by atoms with Crippen LogP contribution in [0.1, 0.15) is 28.4 Å². The van der Waals surface area contributed by atoms with Gasteiger partial charge in [-0.3, -0.25) is 4.79 Å². The van der Waals surface area contributed by atoms with Crippen molar-refractivity contribution in [2.24, 2.45) is 0 Å². The van der Waals surface area contributed by atoms with Gasteiger partial charge in [-0.05, 0) is 67.4 Å². The van der Waals surface area contributed by atoms with Gasteiger partial charge in [0.1, 0.15) is 17.5 Å². The third-order valence-electron chi connectivity index (χ3n) is 3.51. The molecule has 0 saturated heterocycles. The lowest BCUT2D eigenvalue weighted by Crippen LogP contribution is -2.13. The molecule has 0 heterocycles. The number of hydrogen-bond acceptors (Lipinski definition) is 4. The highest BCUT2D eigenvalue weighted by Crippen LogP contribution is 2.15. The molecule has 0 atom stereocenters. The summed E-state index contributed by atoms with van der Waals surface area (Å²) in [7, 11) is 0. The topological polar surface area (TPSA) is 79.2 Å². The fraction of sp³-hybridized carbons (Fsp3) is 0.150. The summed E-state index contributed by atoms with van der Waals surface area (Å²) in [6.07, 6.45) is 1.38. The Balaban J connectivity index is 2.14. The van der Waals surface area contributed by atoms with Gasteiger partial charge < -0.3 is 10.1 Å². The number of ether oxygens (including phenoxy) is 1. The molecule has 0 bridgehead atoms. The summed E-state index contributed by atoms with van der Waals surface area (Å²) in [5.41, 5.74) is 1.65. The fourth-order valence-corrected chi connectivity index (χ4v) is 2.18. The molecule has 0 saturated carbocycles. The van der Waals surface area contributed by atoms with E-state index in [0.29, 0.717) is 22.4 Å². The van der Waals surface area contributed by atoms with Crippen LogP contribution in [0.3, 0.4) is 0 Å². The second-order valence-electron chi connectivity index (χ2n) is 5.43. The number of halogens is 1. The molecule has 0 unspecified atom stereocenters. The number of amides is 1. The standard InChI is InChI=1S/C20H17FN2O3/c1-3-26-20(25)15-5-7-17(8-6-15)23-19(24)16(12-22)11-14-4-9-18(21)13(2)10-14/h4-11H,3H2,1-2H3,(H,23,24)/b16-11-. The summed E-state index contributed by atoms with van der Waals surface area (Å²) in [6.45, 7) is 3.59. The number of esters is 1. The van der Waals surface area contributed by atoms with E-state index >= 15 is 0 Å². The van der Waals surface area contributed by atoms with E-state index in [4.69, 9.17) is 4.74 Å². The maximum atomic E-state index is 13.3. The average molecular weight is 352 g/mol. The minimum atomic E-state index is -0.599. The quantitative estimate of drug-likeness (QED) is 0.503. The molecule has 1 amide bonds. The first-order valence-corrected chi connectivity index (χ1v) is 7.91. The monoisotopic (exact) mass is 352 g/mol. The summed E-state index contributed by atoms with van der Waals surface area (Å²) in [6, 6.07) is 12.3. The van der Waals surface area contributed by atoms with E-state index in [-0.39, 0.29) is 18.0 Å². The van der Waals surface area contributed by atoms with Gasteiger partial charge in [0, 0.05) is 5.69 Å². The van der Waals surface area contributed by atoms with Gasteiger partial charge >= 0.3 is 5.97 Å². The van der Waals surface area contributed by atoms with E-state index in [1.54, 1.807) is 32.0 Å². The van der Waals surface area contributed by atoms with Crippen LogP contribution >= 0.6 is 0 Å². The molecule has 0 radical (unpaired) electrons. The third kappa shape index (κ3) is 4.77. The number of nitrogens with one attached hydrogen (secondary N) is 1. The smallest absolute Gasteiger partial charge is 0.338 e. The molecule has 5 nitrogen and oxygen atoms in total. The molecule has 0 fully saturated rings. The van der Waals surface area contributed by atoms with E-state index in [1.807, 2.05) is 6.07 Å². The molecule has 2 aromatic carbocycles. The van der Waals surface area contributed by atoms with Crippen molar-refractivity contribution in [1.29, 1.82) is 5.26 Å². The Morgan fingerprint density at radius 2 is 1.92 bits per heavy atom. The Morgan fingerprint density at radius 1 is 1.23 bits per heavy atom. The summed E-state index contributed by atoms with van der Waals surface area (Å²) in [5, 5.41) is 11.8. The highest BCUT2D eigenvalue weighted by atomic mass is 19.1. The second kappa shape index (κ2) is 8.58. The van der Waals surface area contributed by atoms with Crippen LogP contribution in [0, 0.1) is 24.1 Å². The molecule has 6 heteroatoms. The lowest BCUT2D eigenvalue weighted by Gasteiger charge is -2.06. The summed E-state index contributed by atoms with van der Waals surface area (Å²) >= 11 is 0. The number of anilines is 1. The van der Waals surface area contributed by atoms with Crippen molar-refractivity contribution < 1.29 is 18.7 Å². The fourth-order valence-electron chi connectivity index (χ4n) is 2.18. The van der Waals surface area contributed by atoms with Crippen LogP contribution in [0.5, 0.6) is 0 Å². The molecule has 2 rings (SSSR count). The van der Waals surface area contributed by atoms with Crippen LogP contribution in [-0.4, -0.2) is 18.5 Å². The van der Waals surface area contributed by atoms with Gasteiger partial charge in [0.25, 0.3) is 5.91 Å². The van der Waals surface area contributed by atoms with Crippen molar-refractivity contribution in [1.82, 2.24) is 0 Å². The number of rotatable bonds is 5. The van der Waals surface area contributed by atoms with Gasteiger partial charge in [-0.2, -0.15) is 5.26 Å². The molecule has 0 aliphatic carbocycles. The Morgan fingerprint density at radius 3 is 2.50 bits per heavy atom. The molecule has 132 valence electrons. The lowest BCUT2D eigenvalue weighted by atomic mass is 10.1. The SMILES string of the molecule is CCOC(=O)c1ccc(NC(=O)/C(C#N)=C\c2ccc(F)c(C)c2)cc1. The number of nitrogens with zero attached hydrogens (tertiary/aromatic N) is 1. The van der Waals surface area contributed by atoms with Crippen LogP contribution in [0.2, 0.25) is 0 Å². The van der Waals surface area contributed by atoms with Crippen molar-refractivity contribution in [2.45, 2.75) is 13.8 Å². The first-order chi connectivity index (χ1) is 12.4. The first-order valence-electron chi connectivity index (χ1n) is 7.91. The van der Waals surface area contributed by atoms with Gasteiger partial charge in [0.15, 0.2) is 0 Å². The van der Waals surface area contributed by atoms with Crippen LogP contribution in [0.4, 0.5) is 10.1 Å². The molecular formula is C20H17FN2O3. The predicted molar refractivity (Wildman–Crippen MR) is 95.8 cm³/mol. The predicted octanol–water partition coefficient (Wildman–Crippen LogP) is 3.86. The summed E-state index contributed by atoms with van der Waals surface area (Å²) in [5.74, 6) is -1.40.